The minimum atomic E-state index is 0.218. The van der Waals surface area contributed by atoms with Gasteiger partial charge in [-0.05, 0) is 10.8 Å². The van der Waals surface area contributed by atoms with Crippen LogP contribution in [0.4, 0.5) is 5.69 Å². The lowest BCUT2D eigenvalue weighted by molar-refractivity contribution is -0.474. The van der Waals surface area contributed by atoms with E-state index in [1.54, 1.807) is 12.1 Å². The van der Waals surface area contributed by atoms with Crippen molar-refractivity contribution < 1.29 is 10.1 Å². The molecule has 4 nitrogen and oxygen atoms in total. The molecule has 4 heteroatoms. The van der Waals surface area contributed by atoms with E-state index in [0.717, 1.165) is 5.56 Å². The molecule has 0 aliphatic carbocycles. The van der Waals surface area contributed by atoms with Gasteiger partial charge in [-0.2, -0.15) is 0 Å². The molecule has 0 heterocycles. The van der Waals surface area contributed by atoms with Crippen LogP contribution < -0.4 is 0 Å². The Morgan fingerprint density at radius 3 is 2.54 bits per heavy atom. The van der Waals surface area contributed by atoms with Crippen molar-refractivity contribution in [1.29, 1.82) is 0 Å². The summed E-state index contributed by atoms with van der Waals surface area (Å²) in [5.41, 5.74) is 1.26. The van der Waals surface area contributed by atoms with Gasteiger partial charge in [0.25, 0.3) is 5.69 Å². The summed E-state index contributed by atoms with van der Waals surface area (Å²) in [6.45, 7) is 3.95. The highest BCUT2D eigenvalue weighted by Crippen LogP contribution is 2.25. The van der Waals surface area contributed by atoms with Gasteiger partial charge in [-0.1, -0.05) is 32.0 Å². The maximum absolute atomic E-state index is 11.0. The molecule has 13 heavy (non-hydrogen) atoms. The van der Waals surface area contributed by atoms with Gasteiger partial charge in [-0.25, -0.2) is 0 Å². The van der Waals surface area contributed by atoms with E-state index in [0.29, 0.717) is 5.69 Å². The topological polar surface area (TPSA) is 58.7 Å². The van der Waals surface area contributed by atoms with E-state index >= 15 is 0 Å². The normalized spacial score (nSPS) is 12.1. The molecule has 0 saturated heterocycles. The fourth-order valence-corrected chi connectivity index (χ4v) is 1.20. The smallest absolute Gasteiger partial charge is 0.251 e. The standard InChI is InChI=1S/C9H12N2O2/c1-7(2)8-5-3-4-6-9(8)11(13)10-12/h3-7,12H,1-2H3/b11-10-. The van der Waals surface area contributed by atoms with Gasteiger partial charge in [0.1, 0.15) is 0 Å². The highest BCUT2D eigenvalue weighted by atomic mass is 16.6. The highest BCUT2D eigenvalue weighted by Gasteiger charge is 2.13. The summed E-state index contributed by atoms with van der Waals surface area (Å²) in [4.78, 5) is 0.218. The third kappa shape index (κ3) is 1.96. The molecule has 0 amide bonds. The minimum absolute atomic E-state index is 0.218. The first-order chi connectivity index (χ1) is 6.16. The molecule has 0 aliphatic heterocycles. The molecule has 1 rings (SSSR count). The van der Waals surface area contributed by atoms with Gasteiger partial charge in [0, 0.05) is 11.6 Å². The molecular formula is C9H12N2O2. The Morgan fingerprint density at radius 2 is 2.00 bits per heavy atom. The molecule has 0 bridgehead atoms. The molecule has 1 aromatic carbocycles. The number of hydrogen-bond acceptors (Lipinski definition) is 2. The number of para-hydroxylation sites is 1. The second-order valence-corrected chi connectivity index (χ2v) is 3.08. The fraction of sp³-hybridized carbons (Fsp3) is 0.333. The Balaban J connectivity index is 3.20. The van der Waals surface area contributed by atoms with E-state index in [1.807, 2.05) is 26.0 Å². The van der Waals surface area contributed by atoms with Crippen LogP contribution in [0.1, 0.15) is 25.3 Å². The highest BCUT2D eigenvalue weighted by molar-refractivity contribution is 5.41. The summed E-state index contributed by atoms with van der Waals surface area (Å²) < 4.78 is 0. The predicted octanol–water partition coefficient (Wildman–Crippen LogP) is 2.79. The largest absolute Gasteiger partial charge is 0.592 e. The van der Waals surface area contributed by atoms with Crippen molar-refractivity contribution in [2.75, 3.05) is 0 Å². The van der Waals surface area contributed by atoms with Crippen LogP contribution in [0.3, 0.4) is 0 Å². The molecule has 70 valence electrons. The first-order valence-corrected chi connectivity index (χ1v) is 4.08. The SMILES string of the molecule is CC(C)c1ccccc1/[N+]([O-])=N/O. The monoisotopic (exact) mass is 180 g/mol. The second-order valence-electron chi connectivity index (χ2n) is 3.08. The van der Waals surface area contributed by atoms with Crippen molar-refractivity contribution >= 4 is 5.69 Å². The molecule has 0 aromatic heterocycles. The Kier molecular flexibility index (Phi) is 2.84. The van der Waals surface area contributed by atoms with Crippen LogP contribution in [0.25, 0.3) is 0 Å². The number of nitrogens with zero attached hydrogens (tertiary/aromatic N) is 2. The Labute approximate surface area is 76.7 Å². The van der Waals surface area contributed by atoms with Gasteiger partial charge in [0.2, 0.25) is 5.28 Å². The number of hydrogen-bond donors (Lipinski definition) is 1. The van der Waals surface area contributed by atoms with E-state index in [-0.39, 0.29) is 10.8 Å². The minimum Gasteiger partial charge on any atom is -0.592 e. The molecule has 0 unspecified atom stereocenters. The molecule has 0 spiro atoms. The first-order valence-electron chi connectivity index (χ1n) is 4.08. The fourth-order valence-electron chi connectivity index (χ4n) is 1.20. The van der Waals surface area contributed by atoms with Crippen molar-refractivity contribution in [3.8, 4) is 0 Å². The zero-order valence-electron chi connectivity index (χ0n) is 7.64. The Morgan fingerprint density at radius 1 is 1.38 bits per heavy atom. The van der Waals surface area contributed by atoms with Crippen molar-refractivity contribution in [2.45, 2.75) is 19.8 Å². The zero-order chi connectivity index (χ0) is 9.84. The quantitative estimate of drug-likeness (QED) is 0.432. The van der Waals surface area contributed by atoms with Crippen LogP contribution in [0.15, 0.2) is 29.5 Å². The third-order valence-electron chi connectivity index (χ3n) is 1.85. The molecule has 0 radical (unpaired) electrons. The molecule has 0 fully saturated rings. The summed E-state index contributed by atoms with van der Waals surface area (Å²) >= 11 is 0. The van der Waals surface area contributed by atoms with Crippen LogP contribution in [0.5, 0.6) is 0 Å². The van der Waals surface area contributed by atoms with Gasteiger partial charge >= 0.3 is 0 Å². The maximum Gasteiger partial charge on any atom is 0.251 e. The van der Waals surface area contributed by atoms with Gasteiger partial charge in [0.05, 0.1) is 0 Å². The van der Waals surface area contributed by atoms with Gasteiger partial charge < -0.3 is 10.4 Å². The maximum atomic E-state index is 11.0. The van der Waals surface area contributed by atoms with E-state index in [1.165, 1.54) is 0 Å². The number of benzene rings is 1. The van der Waals surface area contributed by atoms with Gasteiger partial charge in [-0.3, -0.25) is 0 Å². The van der Waals surface area contributed by atoms with Crippen LogP contribution in [-0.4, -0.2) is 10.1 Å². The van der Waals surface area contributed by atoms with Crippen LogP contribution in [0, 0.1) is 5.21 Å². The van der Waals surface area contributed by atoms with E-state index in [2.05, 4.69) is 5.28 Å². The summed E-state index contributed by atoms with van der Waals surface area (Å²) in [6.07, 6.45) is 0. The predicted molar refractivity (Wildman–Crippen MR) is 48.0 cm³/mol. The zero-order valence-corrected chi connectivity index (χ0v) is 7.64. The van der Waals surface area contributed by atoms with Crippen LogP contribution in [0.2, 0.25) is 0 Å². The lowest BCUT2D eigenvalue weighted by Crippen LogP contribution is -1.97. The van der Waals surface area contributed by atoms with E-state index in [9.17, 15) is 5.21 Å². The molecule has 1 aromatic rings. The molecular weight excluding hydrogens is 168 g/mol. The molecule has 0 saturated carbocycles. The first kappa shape index (κ1) is 9.51. The third-order valence-corrected chi connectivity index (χ3v) is 1.85. The summed E-state index contributed by atoms with van der Waals surface area (Å²) in [7, 11) is 0. The average Bonchev–Trinajstić information content (AvgIpc) is 2.16. The van der Waals surface area contributed by atoms with Crippen LogP contribution in [-0.2, 0) is 0 Å². The van der Waals surface area contributed by atoms with E-state index in [4.69, 9.17) is 5.21 Å². The lowest BCUT2D eigenvalue weighted by atomic mass is 10.0. The van der Waals surface area contributed by atoms with Gasteiger partial charge in [-0.15, -0.1) is 0 Å². The van der Waals surface area contributed by atoms with Gasteiger partial charge in [0.15, 0.2) is 0 Å². The summed E-state index contributed by atoms with van der Waals surface area (Å²) in [6, 6.07) is 7.06. The van der Waals surface area contributed by atoms with Crippen LogP contribution >= 0.6 is 0 Å². The average molecular weight is 180 g/mol. The Hall–Kier alpha value is -1.58. The van der Waals surface area contributed by atoms with E-state index < -0.39 is 0 Å². The molecule has 0 atom stereocenters. The van der Waals surface area contributed by atoms with Crippen molar-refractivity contribution in [3.63, 3.8) is 0 Å². The van der Waals surface area contributed by atoms with Crippen molar-refractivity contribution in [3.05, 3.63) is 35.0 Å². The lowest BCUT2D eigenvalue weighted by Gasteiger charge is -2.07. The van der Waals surface area contributed by atoms with Crippen molar-refractivity contribution in [2.24, 2.45) is 5.28 Å². The second kappa shape index (κ2) is 3.89. The summed E-state index contributed by atoms with van der Waals surface area (Å²) in [5, 5.41) is 22.0. The Bertz CT molecular complexity index is 321. The number of rotatable bonds is 2. The molecule has 1 N–H and O–H groups in total. The van der Waals surface area contributed by atoms with Crippen molar-refractivity contribution in [1.82, 2.24) is 0 Å². The molecule has 0 aliphatic rings. The summed E-state index contributed by atoms with van der Waals surface area (Å²) in [5.74, 6) is 0.231.